The molecule has 0 aliphatic carbocycles. The molecule has 0 saturated heterocycles. The Kier molecular flexibility index (Phi) is 5.49. The van der Waals surface area contributed by atoms with Gasteiger partial charge >= 0.3 is 0 Å². The second-order valence-corrected chi connectivity index (χ2v) is 6.67. The van der Waals surface area contributed by atoms with E-state index in [2.05, 4.69) is 20.7 Å². The summed E-state index contributed by atoms with van der Waals surface area (Å²) in [4.78, 5) is 8.67. The third kappa shape index (κ3) is 4.99. The average Bonchev–Trinajstić information content (AvgIpc) is 2.31. The van der Waals surface area contributed by atoms with E-state index in [1.54, 1.807) is 0 Å². The molecular weight excluding hydrogens is 266 g/mol. The molecule has 0 aliphatic rings. The molecule has 1 heterocycles. The fraction of sp³-hybridized carbons (Fsp3) is 0.636. The molecule has 108 valence electrons. The van der Waals surface area contributed by atoms with Gasteiger partial charge < -0.3 is 10.7 Å². The topological polar surface area (TPSA) is 110 Å². The summed E-state index contributed by atoms with van der Waals surface area (Å²) in [6, 6.07) is 0. The van der Waals surface area contributed by atoms with Gasteiger partial charge in [0.2, 0.25) is 0 Å². The van der Waals surface area contributed by atoms with E-state index >= 15 is 0 Å². The van der Waals surface area contributed by atoms with E-state index in [4.69, 9.17) is 5.84 Å². The van der Waals surface area contributed by atoms with Crippen molar-refractivity contribution in [3.05, 3.63) is 11.4 Å². The van der Waals surface area contributed by atoms with E-state index in [0.29, 0.717) is 24.0 Å². The quantitative estimate of drug-likeness (QED) is 0.494. The van der Waals surface area contributed by atoms with Gasteiger partial charge in [-0.3, -0.25) is 0 Å². The number of hydrogen-bond donors (Lipinski definition) is 3. The molecule has 0 aromatic carbocycles. The molecular formula is C11H21N5O2S. The van der Waals surface area contributed by atoms with Crippen LogP contribution in [0.3, 0.4) is 0 Å². The summed E-state index contributed by atoms with van der Waals surface area (Å²) in [5.74, 6) is 7.34. The number of anilines is 2. The van der Waals surface area contributed by atoms with Crippen LogP contribution in [0.4, 0.5) is 11.6 Å². The highest BCUT2D eigenvalue weighted by molar-refractivity contribution is 7.90. The number of nitrogens with zero attached hydrogens (tertiary/aromatic N) is 2. The number of nitrogens with two attached hydrogens (primary N) is 1. The van der Waals surface area contributed by atoms with Crippen molar-refractivity contribution in [2.24, 2.45) is 5.84 Å². The standard InChI is InChI=1S/C11H21N5O2S/c1-4-5-9-14-10(8(2)11(15-9)16-12)13-6-7-19(3,17)18/h4-7,12H2,1-3H3,(H2,13,14,15,16). The first-order chi connectivity index (χ1) is 8.87. The van der Waals surface area contributed by atoms with Crippen LogP contribution in [0.1, 0.15) is 24.7 Å². The maximum absolute atomic E-state index is 11.1. The van der Waals surface area contributed by atoms with Gasteiger partial charge in [-0.2, -0.15) is 0 Å². The number of hydrazine groups is 1. The Morgan fingerprint density at radius 1 is 1.26 bits per heavy atom. The van der Waals surface area contributed by atoms with Gasteiger partial charge in [0, 0.05) is 24.8 Å². The molecule has 1 rings (SSSR count). The summed E-state index contributed by atoms with van der Waals surface area (Å²) < 4.78 is 22.2. The summed E-state index contributed by atoms with van der Waals surface area (Å²) in [6.45, 7) is 4.18. The molecule has 0 saturated carbocycles. The van der Waals surface area contributed by atoms with Crippen molar-refractivity contribution in [1.29, 1.82) is 0 Å². The molecule has 1 aromatic heterocycles. The van der Waals surface area contributed by atoms with Gasteiger partial charge in [0.1, 0.15) is 27.3 Å². The Balaban J connectivity index is 2.88. The second kappa shape index (κ2) is 6.67. The van der Waals surface area contributed by atoms with Crippen molar-refractivity contribution in [3.8, 4) is 0 Å². The lowest BCUT2D eigenvalue weighted by atomic mass is 10.2. The molecule has 0 amide bonds. The summed E-state index contributed by atoms with van der Waals surface area (Å²) in [5.41, 5.74) is 3.31. The minimum absolute atomic E-state index is 0.0605. The van der Waals surface area contributed by atoms with Crippen molar-refractivity contribution in [2.75, 3.05) is 29.3 Å². The van der Waals surface area contributed by atoms with Crippen LogP contribution < -0.4 is 16.6 Å². The van der Waals surface area contributed by atoms with E-state index in [0.717, 1.165) is 18.4 Å². The molecule has 19 heavy (non-hydrogen) atoms. The maximum Gasteiger partial charge on any atom is 0.149 e. The molecule has 0 radical (unpaired) electrons. The van der Waals surface area contributed by atoms with E-state index in [1.165, 1.54) is 6.26 Å². The molecule has 8 heteroatoms. The van der Waals surface area contributed by atoms with Gasteiger partial charge in [0.15, 0.2) is 0 Å². The van der Waals surface area contributed by atoms with Crippen LogP contribution in [0.5, 0.6) is 0 Å². The van der Waals surface area contributed by atoms with Crippen molar-refractivity contribution in [1.82, 2.24) is 9.97 Å². The minimum Gasteiger partial charge on any atom is -0.369 e. The predicted octanol–water partition coefficient (Wildman–Crippen LogP) is 0.480. The second-order valence-electron chi connectivity index (χ2n) is 4.41. The maximum atomic E-state index is 11.1. The van der Waals surface area contributed by atoms with Gasteiger partial charge in [0.25, 0.3) is 0 Å². The third-order valence-electron chi connectivity index (χ3n) is 2.57. The molecule has 0 aliphatic heterocycles. The molecule has 0 fully saturated rings. The van der Waals surface area contributed by atoms with E-state index in [1.807, 2.05) is 13.8 Å². The number of rotatable bonds is 7. The van der Waals surface area contributed by atoms with E-state index in [9.17, 15) is 8.42 Å². The fourth-order valence-electron chi connectivity index (χ4n) is 1.57. The largest absolute Gasteiger partial charge is 0.369 e. The van der Waals surface area contributed by atoms with Gasteiger partial charge in [-0.25, -0.2) is 24.2 Å². The predicted molar refractivity (Wildman–Crippen MR) is 76.8 cm³/mol. The lowest BCUT2D eigenvalue weighted by Crippen LogP contribution is -2.18. The number of aromatic nitrogens is 2. The number of nitrogen functional groups attached to an aromatic ring is 1. The van der Waals surface area contributed by atoms with E-state index < -0.39 is 9.84 Å². The van der Waals surface area contributed by atoms with Crippen LogP contribution in [-0.4, -0.2) is 36.9 Å². The minimum atomic E-state index is -2.99. The zero-order valence-corrected chi connectivity index (χ0v) is 12.3. The first-order valence-electron chi connectivity index (χ1n) is 6.13. The number of aryl methyl sites for hydroxylation is 1. The van der Waals surface area contributed by atoms with E-state index in [-0.39, 0.29) is 5.75 Å². The van der Waals surface area contributed by atoms with Gasteiger partial charge in [0.05, 0.1) is 5.75 Å². The molecule has 0 unspecified atom stereocenters. The van der Waals surface area contributed by atoms with Crippen LogP contribution in [0.25, 0.3) is 0 Å². The smallest absolute Gasteiger partial charge is 0.149 e. The first-order valence-corrected chi connectivity index (χ1v) is 8.19. The Hall–Kier alpha value is -1.41. The monoisotopic (exact) mass is 287 g/mol. The summed E-state index contributed by atoms with van der Waals surface area (Å²) in [6.07, 6.45) is 2.88. The number of nitrogens with one attached hydrogen (secondary N) is 2. The van der Waals surface area contributed by atoms with Crippen LogP contribution in [0.2, 0.25) is 0 Å². The summed E-state index contributed by atoms with van der Waals surface area (Å²) in [7, 11) is -2.99. The van der Waals surface area contributed by atoms with Gasteiger partial charge in [-0.05, 0) is 13.3 Å². The molecule has 0 spiro atoms. The van der Waals surface area contributed by atoms with Crippen LogP contribution in [0, 0.1) is 6.92 Å². The SMILES string of the molecule is CCCc1nc(NN)c(C)c(NCCS(C)(=O)=O)n1. The summed E-state index contributed by atoms with van der Waals surface area (Å²) in [5, 5.41) is 3.02. The highest BCUT2D eigenvalue weighted by atomic mass is 32.2. The van der Waals surface area contributed by atoms with Gasteiger partial charge in [-0.15, -0.1) is 0 Å². The Labute approximate surface area is 113 Å². The average molecular weight is 287 g/mol. The lowest BCUT2D eigenvalue weighted by molar-refractivity contribution is 0.602. The highest BCUT2D eigenvalue weighted by Crippen LogP contribution is 2.19. The molecule has 4 N–H and O–H groups in total. The molecule has 7 nitrogen and oxygen atoms in total. The van der Waals surface area contributed by atoms with Crippen molar-refractivity contribution >= 4 is 21.5 Å². The Bertz CT molecular complexity index is 530. The number of hydrogen-bond acceptors (Lipinski definition) is 7. The third-order valence-corrected chi connectivity index (χ3v) is 3.51. The van der Waals surface area contributed by atoms with Crippen LogP contribution >= 0.6 is 0 Å². The lowest BCUT2D eigenvalue weighted by Gasteiger charge is -2.13. The Morgan fingerprint density at radius 3 is 2.42 bits per heavy atom. The highest BCUT2D eigenvalue weighted by Gasteiger charge is 2.10. The normalized spacial score (nSPS) is 11.4. The fourth-order valence-corrected chi connectivity index (χ4v) is 2.04. The zero-order valence-electron chi connectivity index (χ0n) is 11.5. The van der Waals surface area contributed by atoms with Gasteiger partial charge in [-0.1, -0.05) is 6.92 Å². The van der Waals surface area contributed by atoms with Crippen molar-refractivity contribution in [3.63, 3.8) is 0 Å². The summed E-state index contributed by atoms with van der Waals surface area (Å²) >= 11 is 0. The van der Waals surface area contributed by atoms with Crippen LogP contribution in [0.15, 0.2) is 0 Å². The van der Waals surface area contributed by atoms with Crippen molar-refractivity contribution < 1.29 is 8.42 Å². The van der Waals surface area contributed by atoms with Crippen molar-refractivity contribution in [2.45, 2.75) is 26.7 Å². The van der Waals surface area contributed by atoms with Crippen LogP contribution in [-0.2, 0) is 16.3 Å². The zero-order chi connectivity index (χ0) is 14.5. The number of sulfone groups is 1. The molecule has 0 bridgehead atoms. The Morgan fingerprint density at radius 2 is 1.89 bits per heavy atom. The molecule has 1 aromatic rings. The molecule has 0 atom stereocenters. The first kappa shape index (κ1) is 15.6.